The number of phenolic OH excluding ortho intramolecular Hbond substituents is 1. The summed E-state index contributed by atoms with van der Waals surface area (Å²) in [4.78, 5) is 4.45. The largest absolute Gasteiger partial charge is 0.507 e. The number of nitrogens with one attached hydrogen (secondary N) is 1. The quantitative estimate of drug-likeness (QED) is 0.573. The number of aryl methyl sites for hydroxylation is 1. The van der Waals surface area contributed by atoms with Crippen LogP contribution in [0.4, 0.5) is 5.95 Å². The van der Waals surface area contributed by atoms with Gasteiger partial charge in [-0.25, -0.2) is 10.4 Å². The second-order valence-electron chi connectivity index (χ2n) is 4.78. The van der Waals surface area contributed by atoms with E-state index in [1.165, 1.54) is 6.21 Å². The minimum absolute atomic E-state index is 0.136. The van der Waals surface area contributed by atoms with Gasteiger partial charge in [0, 0.05) is 12.6 Å². The van der Waals surface area contributed by atoms with Crippen molar-refractivity contribution < 1.29 is 9.84 Å². The molecule has 2 aromatic carbocycles. The van der Waals surface area contributed by atoms with Gasteiger partial charge >= 0.3 is 0 Å². The summed E-state index contributed by atoms with van der Waals surface area (Å²) in [5, 5.41) is 13.9. The molecule has 0 fully saturated rings. The Morgan fingerprint density at radius 3 is 2.86 bits per heavy atom. The third kappa shape index (κ3) is 2.58. The number of ether oxygens (including phenoxy) is 1. The molecule has 0 unspecified atom stereocenters. The normalized spacial score (nSPS) is 11.2. The van der Waals surface area contributed by atoms with E-state index in [0.29, 0.717) is 17.3 Å². The minimum atomic E-state index is 0.136. The average Bonchev–Trinajstić information content (AvgIpc) is 2.86. The number of para-hydroxylation sites is 2. The maximum atomic E-state index is 9.80. The number of imidazole rings is 1. The van der Waals surface area contributed by atoms with Crippen LogP contribution in [0.1, 0.15) is 5.56 Å². The van der Waals surface area contributed by atoms with Crippen LogP contribution < -0.4 is 10.2 Å². The molecule has 0 bridgehead atoms. The van der Waals surface area contributed by atoms with Gasteiger partial charge in [0.2, 0.25) is 5.95 Å². The first-order valence-corrected chi connectivity index (χ1v) is 6.76. The number of aromatic hydroxyl groups is 1. The van der Waals surface area contributed by atoms with E-state index in [-0.39, 0.29) is 5.75 Å². The summed E-state index contributed by atoms with van der Waals surface area (Å²) < 4.78 is 7.04. The molecule has 0 saturated heterocycles. The highest BCUT2D eigenvalue weighted by molar-refractivity contribution is 5.85. The Kier molecular flexibility index (Phi) is 3.65. The zero-order valence-corrected chi connectivity index (χ0v) is 12.3. The van der Waals surface area contributed by atoms with E-state index >= 15 is 0 Å². The Labute approximate surface area is 127 Å². The number of fused-ring (bicyclic) bond motifs is 1. The van der Waals surface area contributed by atoms with Crippen LogP contribution in [-0.4, -0.2) is 28.0 Å². The molecule has 6 nitrogen and oxygen atoms in total. The van der Waals surface area contributed by atoms with Crippen molar-refractivity contribution in [3.05, 3.63) is 48.0 Å². The molecule has 1 heterocycles. The average molecular weight is 296 g/mol. The molecule has 0 aliphatic rings. The first-order valence-electron chi connectivity index (χ1n) is 6.76. The lowest BCUT2D eigenvalue weighted by Crippen LogP contribution is -1.99. The van der Waals surface area contributed by atoms with Crippen LogP contribution in [0, 0.1) is 0 Å². The molecule has 3 rings (SSSR count). The Morgan fingerprint density at radius 1 is 1.27 bits per heavy atom. The Bertz CT molecular complexity index is 839. The van der Waals surface area contributed by atoms with Crippen LogP contribution in [0.25, 0.3) is 11.0 Å². The highest BCUT2D eigenvalue weighted by Gasteiger charge is 2.05. The molecule has 0 aliphatic carbocycles. The molecular weight excluding hydrogens is 280 g/mol. The van der Waals surface area contributed by atoms with E-state index in [1.54, 1.807) is 25.3 Å². The highest BCUT2D eigenvalue weighted by atomic mass is 16.5. The number of rotatable bonds is 4. The second-order valence-corrected chi connectivity index (χ2v) is 4.78. The summed E-state index contributed by atoms with van der Waals surface area (Å²) in [6.07, 6.45) is 1.52. The number of phenols is 1. The number of nitrogens with zero attached hydrogens (tertiary/aromatic N) is 3. The van der Waals surface area contributed by atoms with Gasteiger partial charge < -0.3 is 14.4 Å². The summed E-state index contributed by atoms with van der Waals surface area (Å²) in [6, 6.07) is 12.8. The fourth-order valence-electron chi connectivity index (χ4n) is 2.17. The van der Waals surface area contributed by atoms with Crippen LogP contribution in [0.15, 0.2) is 47.6 Å². The van der Waals surface area contributed by atoms with Crippen molar-refractivity contribution in [1.29, 1.82) is 0 Å². The second kappa shape index (κ2) is 5.77. The molecule has 0 amide bonds. The number of anilines is 1. The third-order valence-electron chi connectivity index (χ3n) is 3.39. The number of methoxy groups -OCH3 is 1. The number of hydrogen-bond acceptors (Lipinski definition) is 5. The molecule has 1 aromatic heterocycles. The van der Waals surface area contributed by atoms with Gasteiger partial charge in [-0.15, -0.1) is 0 Å². The molecule has 2 N–H and O–H groups in total. The van der Waals surface area contributed by atoms with E-state index < -0.39 is 0 Å². The van der Waals surface area contributed by atoms with Crippen LogP contribution in [0.3, 0.4) is 0 Å². The SMILES string of the molecule is COc1ccc(O)c(C=NNc2nc3ccccc3n2C)c1. The molecule has 0 atom stereocenters. The van der Waals surface area contributed by atoms with Crippen molar-refractivity contribution in [2.45, 2.75) is 0 Å². The standard InChI is InChI=1S/C16H16N4O2/c1-20-14-6-4-3-5-13(14)18-16(20)19-17-10-11-9-12(22-2)7-8-15(11)21/h3-10,21H,1-2H3,(H,18,19). The summed E-state index contributed by atoms with van der Waals surface area (Å²) in [5.41, 5.74) is 5.36. The van der Waals surface area contributed by atoms with E-state index in [2.05, 4.69) is 15.5 Å². The van der Waals surface area contributed by atoms with E-state index in [4.69, 9.17) is 4.74 Å². The van der Waals surface area contributed by atoms with Crippen LogP contribution in [0.5, 0.6) is 11.5 Å². The van der Waals surface area contributed by atoms with Crippen molar-refractivity contribution in [3.8, 4) is 11.5 Å². The number of aromatic nitrogens is 2. The number of hydrazone groups is 1. The molecule has 0 radical (unpaired) electrons. The van der Waals surface area contributed by atoms with Crippen molar-refractivity contribution in [1.82, 2.24) is 9.55 Å². The Hall–Kier alpha value is -3.02. The lowest BCUT2D eigenvalue weighted by atomic mass is 10.2. The van der Waals surface area contributed by atoms with Gasteiger partial charge in [0.1, 0.15) is 11.5 Å². The molecule has 0 aliphatic heterocycles. The van der Waals surface area contributed by atoms with Gasteiger partial charge in [-0.1, -0.05) is 12.1 Å². The molecule has 112 valence electrons. The van der Waals surface area contributed by atoms with E-state index in [1.807, 2.05) is 35.9 Å². The first kappa shape index (κ1) is 13.9. The van der Waals surface area contributed by atoms with Gasteiger partial charge in [-0.2, -0.15) is 5.10 Å². The zero-order valence-electron chi connectivity index (χ0n) is 12.3. The van der Waals surface area contributed by atoms with Gasteiger partial charge in [-0.3, -0.25) is 0 Å². The van der Waals surface area contributed by atoms with E-state index in [9.17, 15) is 5.11 Å². The van der Waals surface area contributed by atoms with Crippen LogP contribution >= 0.6 is 0 Å². The van der Waals surface area contributed by atoms with Crippen molar-refractivity contribution in [2.75, 3.05) is 12.5 Å². The zero-order chi connectivity index (χ0) is 15.5. The summed E-state index contributed by atoms with van der Waals surface area (Å²) in [5.74, 6) is 1.41. The lowest BCUT2D eigenvalue weighted by Gasteiger charge is -2.03. The fourth-order valence-corrected chi connectivity index (χ4v) is 2.17. The van der Waals surface area contributed by atoms with Gasteiger partial charge in [0.05, 0.1) is 24.4 Å². The minimum Gasteiger partial charge on any atom is -0.507 e. The topological polar surface area (TPSA) is 71.7 Å². The van der Waals surface area contributed by atoms with Crippen molar-refractivity contribution in [2.24, 2.45) is 12.1 Å². The maximum absolute atomic E-state index is 9.80. The highest BCUT2D eigenvalue weighted by Crippen LogP contribution is 2.21. The van der Waals surface area contributed by atoms with Crippen molar-refractivity contribution >= 4 is 23.2 Å². The summed E-state index contributed by atoms with van der Waals surface area (Å²) in [6.45, 7) is 0. The third-order valence-corrected chi connectivity index (χ3v) is 3.39. The maximum Gasteiger partial charge on any atom is 0.224 e. The first-order chi connectivity index (χ1) is 10.7. The molecule has 0 saturated carbocycles. The van der Waals surface area contributed by atoms with Crippen LogP contribution in [-0.2, 0) is 7.05 Å². The van der Waals surface area contributed by atoms with Crippen molar-refractivity contribution in [3.63, 3.8) is 0 Å². The van der Waals surface area contributed by atoms with Crippen LogP contribution in [0.2, 0.25) is 0 Å². The molecule has 22 heavy (non-hydrogen) atoms. The lowest BCUT2D eigenvalue weighted by molar-refractivity contribution is 0.412. The smallest absolute Gasteiger partial charge is 0.224 e. The Morgan fingerprint density at radius 2 is 2.09 bits per heavy atom. The summed E-state index contributed by atoms with van der Waals surface area (Å²) >= 11 is 0. The predicted molar refractivity (Wildman–Crippen MR) is 86.6 cm³/mol. The molecule has 0 spiro atoms. The van der Waals surface area contributed by atoms with Gasteiger partial charge in [-0.05, 0) is 30.3 Å². The fraction of sp³-hybridized carbons (Fsp3) is 0.125. The monoisotopic (exact) mass is 296 g/mol. The summed E-state index contributed by atoms with van der Waals surface area (Å²) in [7, 11) is 3.49. The number of hydrogen-bond donors (Lipinski definition) is 2. The molecule has 6 heteroatoms. The van der Waals surface area contributed by atoms with Gasteiger partial charge in [0.25, 0.3) is 0 Å². The molecule has 3 aromatic rings. The Balaban J connectivity index is 1.83. The number of benzene rings is 2. The van der Waals surface area contributed by atoms with E-state index in [0.717, 1.165) is 11.0 Å². The molecular formula is C16H16N4O2. The van der Waals surface area contributed by atoms with Gasteiger partial charge in [0.15, 0.2) is 0 Å². The predicted octanol–water partition coefficient (Wildman–Crippen LogP) is 2.73.